The van der Waals surface area contributed by atoms with Crippen LogP contribution in [0.4, 0.5) is 0 Å². The van der Waals surface area contributed by atoms with Crippen molar-refractivity contribution in [1.82, 2.24) is 0 Å². The number of hydrogen-bond acceptors (Lipinski definition) is 20. The fourth-order valence-electron chi connectivity index (χ4n) is 8.27. The van der Waals surface area contributed by atoms with E-state index in [1.54, 1.807) is 27.7 Å². The Morgan fingerprint density at radius 2 is 0.458 bits per heavy atom. The Hall–Kier alpha value is -3.68. The molecule has 400 valence electrons. The minimum atomic E-state index is -4.42. The van der Waals surface area contributed by atoms with Crippen LogP contribution >= 0.6 is 47.0 Å². The van der Waals surface area contributed by atoms with Crippen molar-refractivity contribution in [3.8, 4) is 46.0 Å². The van der Waals surface area contributed by atoms with Gasteiger partial charge in [-0.3, -0.25) is 18.2 Å². The van der Waals surface area contributed by atoms with Gasteiger partial charge in [-0.1, -0.05) is 27.7 Å². The number of aromatic hydroxyl groups is 8. The van der Waals surface area contributed by atoms with E-state index in [1.807, 2.05) is 0 Å². The molecule has 20 nitrogen and oxygen atoms in total. The molecule has 0 unspecified atom stereocenters. The Morgan fingerprint density at radius 1 is 0.319 bits per heavy atom. The lowest BCUT2D eigenvalue weighted by Gasteiger charge is -2.29. The van der Waals surface area contributed by atoms with Crippen LogP contribution in [0.2, 0.25) is 0 Å². The van der Waals surface area contributed by atoms with E-state index in [1.165, 1.54) is 24.3 Å². The molecule has 1 aliphatic carbocycles. The summed E-state index contributed by atoms with van der Waals surface area (Å²) in [5.41, 5.74) is -0.159. The molecule has 4 aromatic rings. The predicted molar refractivity (Wildman–Crippen MR) is 279 cm³/mol. The smallest absolute Gasteiger partial charge is 0.265 e. The van der Waals surface area contributed by atoms with Crippen LogP contribution in [0, 0.1) is 0 Å². The van der Waals surface area contributed by atoms with Crippen LogP contribution < -0.4 is 0 Å². The lowest BCUT2D eigenvalue weighted by atomic mass is 9.78. The highest BCUT2D eigenvalue weighted by atomic mass is 32.2. The highest BCUT2D eigenvalue weighted by Gasteiger charge is 2.34. The van der Waals surface area contributed by atoms with Crippen molar-refractivity contribution in [3.63, 3.8) is 0 Å². The first kappa shape index (κ1) is 59.2. The molecular weight excluding hydrogens is 1100 g/mol. The highest BCUT2D eigenvalue weighted by Crippen LogP contribution is 2.54. The van der Waals surface area contributed by atoms with E-state index in [0.717, 1.165) is 47.0 Å². The summed E-state index contributed by atoms with van der Waals surface area (Å²) in [7, 11) is -17.7. The first-order valence-electron chi connectivity index (χ1n) is 21.7. The third-order valence-corrected chi connectivity index (χ3v) is 20.2. The van der Waals surface area contributed by atoms with Crippen LogP contribution in [0.5, 0.6) is 46.0 Å². The maximum Gasteiger partial charge on any atom is 0.265 e. The minimum Gasteiger partial charge on any atom is -0.507 e. The number of thioether (sulfide) groups is 4. The van der Waals surface area contributed by atoms with Gasteiger partial charge in [0.15, 0.2) is 0 Å². The van der Waals surface area contributed by atoms with Gasteiger partial charge in [0.2, 0.25) is 0 Å². The number of phenolic OH excluding ortho intramolecular Hbond substituents is 8. The summed E-state index contributed by atoms with van der Waals surface area (Å²) in [4.78, 5) is 0. The number of rotatable bonds is 20. The summed E-state index contributed by atoms with van der Waals surface area (Å²) in [6.45, 7) is 6.25. The molecule has 0 atom stereocenters. The van der Waals surface area contributed by atoms with Gasteiger partial charge in [-0.05, 0) is 24.3 Å². The van der Waals surface area contributed by atoms with Gasteiger partial charge >= 0.3 is 0 Å². The minimum absolute atomic E-state index is 0.0449. The van der Waals surface area contributed by atoms with Crippen LogP contribution in [-0.4, -0.2) is 139 Å². The normalized spacial score (nSPS) is 17.6. The monoisotopic (exact) mass is 1160 g/mol. The van der Waals surface area contributed by atoms with Crippen molar-refractivity contribution in [3.05, 3.63) is 91.0 Å². The third-order valence-electron chi connectivity index (χ3n) is 12.4. The number of hydrogen-bond donors (Lipinski definition) is 12. The zero-order chi connectivity index (χ0) is 54.0. The van der Waals surface area contributed by atoms with Crippen molar-refractivity contribution in [2.75, 3.05) is 46.0 Å². The second kappa shape index (κ2) is 23.5. The second-order valence-electron chi connectivity index (χ2n) is 17.2. The fraction of sp³-hybridized carbons (Fsp3) is 0.455. The molecule has 0 aromatic heterocycles. The van der Waals surface area contributed by atoms with Crippen LogP contribution in [-0.2, 0) is 63.5 Å². The quantitative estimate of drug-likeness (QED) is 0.0322. The predicted octanol–water partition coefficient (Wildman–Crippen LogP) is 6.74. The molecule has 1 aliphatic rings. The molecule has 0 fully saturated rings. The van der Waals surface area contributed by atoms with E-state index in [4.69, 9.17) is 0 Å². The van der Waals surface area contributed by atoms with Gasteiger partial charge in [-0.2, -0.15) is 80.7 Å². The molecule has 72 heavy (non-hydrogen) atoms. The topological polar surface area (TPSA) is 379 Å². The van der Waals surface area contributed by atoms with Crippen LogP contribution in [0.25, 0.3) is 0 Å². The molecule has 4 aromatic carbocycles. The number of fused-ring (bicyclic) bond motifs is 8. The maximum atomic E-state index is 12.1. The standard InChI is InChI=1S/C44H56O20S8/c1-21-25-13-27(39(47)33(37(25)45)17-65-5-9-69(53,54)55)22(2)29-15-31(43(51)35(41(29)49)19-67-7-11-71(59,60)61)24(4)32-16-30(42(50)36(44(32)52)20-68-8-12-72(62,63)64)23(3)28-14-26(21)38(46)34(40(28)48)18-66-6-10-70(56,57)58/h13-16,21-24,45-52H,5-12,17-20H2,1-4H3,(H,53,54,55)(H,56,57,58)(H,59,60,61)(H,62,63,64). The molecule has 0 saturated heterocycles. The molecule has 8 bridgehead atoms. The molecule has 0 radical (unpaired) electrons. The van der Waals surface area contributed by atoms with E-state index < -0.39 is 133 Å². The Labute approximate surface area is 434 Å². The van der Waals surface area contributed by atoms with Crippen molar-refractivity contribution in [2.45, 2.75) is 74.4 Å². The molecule has 5 rings (SSSR count). The van der Waals surface area contributed by atoms with Gasteiger partial charge in [-0.15, -0.1) is 0 Å². The van der Waals surface area contributed by atoms with Crippen molar-refractivity contribution >= 4 is 87.5 Å². The lowest BCUT2D eigenvalue weighted by molar-refractivity contribution is 0.420. The molecule has 0 saturated carbocycles. The van der Waals surface area contributed by atoms with Gasteiger partial charge in [0.1, 0.15) is 46.0 Å². The van der Waals surface area contributed by atoms with E-state index in [9.17, 15) is 92.7 Å². The average Bonchev–Trinajstić information content (AvgIpc) is 3.25. The van der Waals surface area contributed by atoms with Gasteiger partial charge < -0.3 is 40.9 Å². The zero-order valence-corrected chi connectivity index (χ0v) is 45.5. The second-order valence-corrected chi connectivity index (χ2v) is 27.9. The van der Waals surface area contributed by atoms with Crippen LogP contribution in [0.15, 0.2) is 24.3 Å². The first-order chi connectivity index (χ1) is 33.2. The summed E-state index contributed by atoms with van der Waals surface area (Å²) in [5.74, 6) is -13.0. The van der Waals surface area contributed by atoms with Crippen molar-refractivity contribution in [1.29, 1.82) is 0 Å². The average molecular weight is 1160 g/mol. The Morgan fingerprint density at radius 3 is 0.583 bits per heavy atom. The van der Waals surface area contributed by atoms with E-state index in [0.29, 0.717) is 0 Å². The third kappa shape index (κ3) is 14.4. The molecular formula is C44H56O20S8. The van der Waals surface area contributed by atoms with E-state index in [2.05, 4.69) is 0 Å². The van der Waals surface area contributed by atoms with Gasteiger partial charge in [-0.25, -0.2) is 0 Å². The van der Waals surface area contributed by atoms with Gasteiger partial charge in [0.05, 0.1) is 23.0 Å². The fourth-order valence-corrected chi connectivity index (χ4v) is 16.0. The summed E-state index contributed by atoms with van der Waals surface area (Å²) < 4.78 is 130. The molecule has 0 spiro atoms. The highest BCUT2D eigenvalue weighted by molar-refractivity contribution is 8.00. The summed E-state index contributed by atoms with van der Waals surface area (Å²) in [5, 5.41) is 96.6. The Kier molecular flexibility index (Phi) is 19.3. The number of benzene rings is 4. The first-order valence-corrected chi connectivity index (χ1v) is 32.7. The lowest BCUT2D eigenvalue weighted by Crippen LogP contribution is -2.11. The zero-order valence-electron chi connectivity index (χ0n) is 39.0. The summed E-state index contributed by atoms with van der Waals surface area (Å²) in [6.07, 6.45) is 0. The van der Waals surface area contributed by atoms with Crippen LogP contribution in [0.3, 0.4) is 0 Å². The SMILES string of the molecule is CC1c2cc(c(O)c(CSCCS(=O)(=O)O)c2O)C(C)c2cc(c(O)c(CSCCS(=O)(=O)O)c2O)C(C)c2cc(c(O)c(CSCCS(=O)(=O)O)c2O)C(C)c2cc1c(O)c(CSCCS(=O)(=O)O)c2O. The molecule has 0 aliphatic heterocycles. The Bertz CT molecular complexity index is 2630. The molecule has 28 heteroatoms. The van der Waals surface area contributed by atoms with E-state index in [-0.39, 0.29) is 113 Å². The number of phenols is 8. The van der Waals surface area contributed by atoms with Gasteiger partial charge in [0.25, 0.3) is 40.5 Å². The van der Waals surface area contributed by atoms with Crippen molar-refractivity contribution < 1.29 is 92.7 Å². The van der Waals surface area contributed by atoms with E-state index >= 15 is 0 Å². The van der Waals surface area contributed by atoms with Gasteiger partial charge in [0, 0.05) is 136 Å². The van der Waals surface area contributed by atoms with Crippen molar-refractivity contribution in [2.24, 2.45) is 0 Å². The summed E-state index contributed by atoms with van der Waals surface area (Å²) in [6, 6.07) is 5.60. The molecule has 0 heterocycles. The van der Waals surface area contributed by atoms with Crippen LogP contribution in [0.1, 0.15) is 118 Å². The molecule has 12 N–H and O–H groups in total. The Balaban J connectivity index is 1.91. The summed E-state index contributed by atoms with van der Waals surface area (Å²) >= 11 is 3.69. The maximum absolute atomic E-state index is 12.1. The molecule has 0 amide bonds. The largest absolute Gasteiger partial charge is 0.507 e.